The van der Waals surface area contributed by atoms with Gasteiger partial charge in [-0.3, -0.25) is 0 Å². The van der Waals surface area contributed by atoms with Crippen LogP contribution < -0.4 is 5.46 Å². The maximum absolute atomic E-state index is 2.28. The van der Waals surface area contributed by atoms with E-state index in [9.17, 15) is 0 Å². The van der Waals surface area contributed by atoms with E-state index in [1.165, 1.54) is 23.4 Å². The van der Waals surface area contributed by atoms with Crippen LogP contribution in [-0.2, 0) is 0 Å². The average molecular weight is 166 g/mol. The van der Waals surface area contributed by atoms with Crippen molar-refractivity contribution in [2.45, 2.75) is 12.6 Å². The van der Waals surface area contributed by atoms with E-state index in [4.69, 9.17) is 0 Å². The lowest BCUT2D eigenvalue weighted by molar-refractivity contribution is 1.69. The van der Waals surface area contributed by atoms with E-state index in [0.29, 0.717) is 0 Å². The third-order valence-electron chi connectivity index (χ3n) is 2.84. The van der Waals surface area contributed by atoms with Crippen molar-refractivity contribution in [3.8, 4) is 0 Å². The Balaban J connectivity index is 2.32. The van der Waals surface area contributed by atoms with Gasteiger partial charge in [0.1, 0.15) is 0 Å². The summed E-state index contributed by atoms with van der Waals surface area (Å²) in [5.41, 5.74) is 1.55. The molecule has 3 rings (SSSR count). The summed E-state index contributed by atoms with van der Waals surface area (Å²) in [6.45, 7) is 0.853. The molecule has 13 heavy (non-hydrogen) atoms. The second-order valence-corrected chi connectivity index (χ2v) is 3.84. The Labute approximate surface area is 78.7 Å². The second-order valence-electron chi connectivity index (χ2n) is 3.84. The van der Waals surface area contributed by atoms with Crippen molar-refractivity contribution in [3.63, 3.8) is 0 Å². The number of hydrogen-bond donors (Lipinski definition) is 0. The highest BCUT2D eigenvalue weighted by atomic mass is 14.0. The Bertz CT molecular complexity index is 438. The minimum atomic E-state index is 0.853. The predicted molar refractivity (Wildman–Crippen MR) is 59.0 cm³/mol. The minimum Gasteiger partial charge on any atom is -0.0759 e. The smallest absolute Gasteiger partial charge is 0.0759 e. The molecule has 1 heteroatoms. The number of fused-ring (bicyclic) bond motifs is 1. The van der Waals surface area contributed by atoms with Gasteiger partial charge in [-0.25, -0.2) is 0 Å². The monoisotopic (exact) mass is 166 g/mol. The molecule has 0 atom stereocenters. The topological polar surface area (TPSA) is 0 Å². The molecule has 0 aromatic heterocycles. The third-order valence-corrected chi connectivity index (χ3v) is 2.84. The first-order valence-electron chi connectivity index (χ1n) is 4.93. The Kier molecular flexibility index (Phi) is 1.45. The van der Waals surface area contributed by atoms with Crippen molar-refractivity contribution in [1.82, 2.24) is 0 Å². The lowest BCUT2D eigenvalue weighted by atomic mass is 9.62. The van der Waals surface area contributed by atoms with Gasteiger partial charge in [0.2, 0.25) is 0 Å². The van der Waals surface area contributed by atoms with Crippen LogP contribution in [0.15, 0.2) is 42.5 Å². The van der Waals surface area contributed by atoms with Crippen LogP contribution in [0.2, 0.25) is 12.6 Å². The Morgan fingerprint density at radius 1 is 0.846 bits per heavy atom. The molecule has 0 amide bonds. The summed E-state index contributed by atoms with van der Waals surface area (Å²) in [4.78, 5) is 0. The van der Waals surface area contributed by atoms with E-state index >= 15 is 0 Å². The van der Waals surface area contributed by atoms with Crippen LogP contribution >= 0.6 is 0 Å². The molecular formula is C12H11B. The van der Waals surface area contributed by atoms with Crippen LogP contribution in [0.3, 0.4) is 0 Å². The van der Waals surface area contributed by atoms with Crippen molar-refractivity contribution in [2.24, 2.45) is 0 Å². The molecule has 1 saturated heterocycles. The zero-order valence-electron chi connectivity index (χ0n) is 7.53. The molecule has 0 spiro atoms. The first kappa shape index (κ1) is 7.20. The van der Waals surface area contributed by atoms with Gasteiger partial charge >= 0.3 is 0 Å². The van der Waals surface area contributed by atoms with Crippen LogP contribution in [0.4, 0.5) is 0 Å². The molecule has 2 aromatic carbocycles. The molecule has 1 fully saturated rings. The first-order chi connectivity index (χ1) is 6.45. The van der Waals surface area contributed by atoms with E-state index in [1.807, 2.05) is 0 Å². The number of rotatable bonds is 1. The van der Waals surface area contributed by atoms with E-state index in [0.717, 1.165) is 6.71 Å². The SMILES string of the molecule is c1ccc2c(B3CC3)cccc2c1. The minimum absolute atomic E-state index is 0.853. The van der Waals surface area contributed by atoms with Crippen LogP contribution in [0, 0.1) is 0 Å². The molecule has 1 heterocycles. The van der Waals surface area contributed by atoms with Crippen LogP contribution in [0.5, 0.6) is 0 Å². The van der Waals surface area contributed by atoms with Crippen molar-refractivity contribution in [1.29, 1.82) is 0 Å². The fraction of sp³-hybridized carbons (Fsp3) is 0.167. The molecule has 0 unspecified atom stereocenters. The summed E-state index contributed by atoms with van der Waals surface area (Å²) in [5, 5.41) is 2.83. The van der Waals surface area contributed by atoms with E-state index in [1.54, 1.807) is 5.46 Å². The largest absolute Gasteiger partial charge is 0.175 e. The van der Waals surface area contributed by atoms with Crippen LogP contribution in [0.25, 0.3) is 10.8 Å². The number of hydrogen-bond acceptors (Lipinski definition) is 0. The summed E-state index contributed by atoms with van der Waals surface area (Å²) >= 11 is 0. The summed E-state index contributed by atoms with van der Waals surface area (Å²) in [6, 6.07) is 15.3. The van der Waals surface area contributed by atoms with Crippen molar-refractivity contribution < 1.29 is 0 Å². The van der Waals surface area contributed by atoms with Gasteiger partial charge in [0.05, 0.1) is 0 Å². The molecular weight excluding hydrogens is 155 g/mol. The van der Waals surface area contributed by atoms with E-state index in [-0.39, 0.29) is 0 Å². The van der Waals surface area contributed by atoms with Gasteiger partial charge in [-0.15, -0.1) is 0 Å². The Hall–Kier alpha value is -1.24. The summed E-state index contributed by atoms with van der Waals surface area (Å²) in [6.07, 6.45) is 2.77. The van der Waals surface area contributed by atoms with E-state index < -0.39 is 0 Å². The quantitative estimate of drug-likeness (QED) is 0.571. The third kappa shape index (κ3) is 1.15. The lowest BCUT2D eigenvalue weighted by Gasteiger charge is -2.02. The van der Waals surface area contributed by atoms with Crippen molar-refractivity contribution in [2.75, 3.05) is 0 Å². The zero-order chi connectivity index (χ0) is 8.67. The molecule has 1 aliphatic rings. The molecule has 0 nitrogen and oxygen atoms in total. The molecule has 0 N–H and O–H groups in total. The van der Waals surface area contributed by atoms with Gasteiger partial charge in [0.15, 0.2) is 6.71 Å². The fourth-order valence-electron chi connectivity index (χ4n) is 2.00. The molecule has 1 aliphatic heterocycles. The average Bonchev–Trinajstić information content (AvgIpc) is 3.00. The molecule has 2 aromatic rings. The van der Waals surface area contributed by atoms with Gasteiger partial charge in [-0.1, -0.05) is 60.6 Å². The maximum Gasteiger partial charge on any atom is 0.175 e. The number of benzene rings is 2. The van der Waals surface area contributed by atoms with Gasteiger partial charge in [-0.05, 0) is 10.8 Å². The Morgan fingerprint density at radius 2 is 1.62 bits per heavy atom. The highest BCUT2D eigenvalue weighted by Crippen LogP contribution is 2.24. The van der Waals surface area contributed by atoms with Gasteiger partial charge in [-0.2, -0.15) is 0 Å². The molecule has 0 saturated carbocycles. The molecule has 0 aliphatic carbocycles. The van der Waals surface area contributed by atoms with Crippen LogP contribution in [0.1, 0.15) is 0 Å². The summed E-state index contributed by atoms with van der Waals surface area (Å²) in [7, 11) is 0. The van der Waals surface area contributed by atoms with Crippen molar-refractivity contribution >= 4 is 22.9 Å². The summed E-state index contributed by atoms with van der Waals surface area (Å²) in [5.74, 6) is 0. The summed E-state index contributed by atoms with van der Waals surface area (Å²) < 4.78 is 0. The predicted octanol–water partition coefficient (Wildman–Crippen LogP) is 2.56. The highest BCUT2D eigenvalue weighted by molar-refractivity contribution is 6.84. The first-order valence-corrected chi connectivity index (χ1v) is 4.93. The van der Waals surface area contributed by atoms with Crippen LogP contribution in [-0.4, -0.2) is 6.71 Å². The maximum atomic E-state index is 2.28. The van der Waals surface area contributed by atoms with Crippen molar-refractivity contribution in [3.05, 3.63) is 42.5 Å². The van der Waals surface area contributed by atoms with Gasteiger partial charge < -0.3 is 0 Å². The fourth-order valence-corrected chi connectivity index (χ4v) is 2.00. The normalized spacial score (nSPS) is 14.9. The van der Waals surface area contributed by atoms with Gasteiger partial charge in [0.25, 0.3) is 0 Å². The van der Waals surface area contributed by atoms with Gasteiger partial charge in [0, 0.05) is 0 Å². The second kappa shape index (κ2) is 2.63. The standard InChI is InChI=1S/C12H11B/c1-2-6-11-10(4-1)5-3-7-12(11)13-8-9-13/h1-7H,8-9H2. The van der Waals surface area contributed by atoms with E-state index in [2.05, 4.69) is 42.5 Å². The molecule has 62 valence electrons. The Morgan fingerprint density at radius 3 is 2.46 bits per heavy atom. The lowest BCUT2D eigenvalue weighted by Crippen LogP contribution is -2.15. The zero-order valence-corrected chi connectivity index (χ0v) is 7.53. The highest BCUT2D eigenvalue weighted by Gasteiger charge is 2.29. The molecule has 0 bridgehead atoms. The molecule has 0 radical (unpaired) electrons.